The first-order valence-corrected chi connectivity index (χ1v) is 6.30. The minimum atomic E-state index is -0.993. The fourth-order valence-corrected chi connectivity index (χ4v) is 1.44. The van der Waals surface area contributed by atoms with Crippen molar-refractivity contribution in [3.63, 3.8) is 0 Å². The molecule has 3 amide bonds. The molecular weight excluding hydrogens is 266 g/mol. The van der Waals surface area contributed by atoms with Crippen LogP contribution in [0.5, 0.6) is 0 Å². The Balaban J connectivity index is 3.83. The predicted octanol–water partition coefficient (Wildman–Crippen LogP) is -0.308. The summed E-state index contributed by atoms with van der Waals surface area (Å²) >= 11 is 0. The fourth-order valence-electron chi connectivity index (χ4n) is 1.44. The van der Waals surface area contributed by atoms with E-state index >= 15 is 0 Å². The smallest absolute Gasteiger partial charge is 0.315 e. The summed E-state index contributed by atoms with van der Waals surface area (Å²) in [6, 6.07) is -0.499. The Kier molecular flexibility index (Phi) is 8.30. The van der Waals surface area contributed by atoms with Crippen LogP contribution in [0.3, 0.4) is 0 Å². The van der Waals surface area contributed by atoms with Crippen LogP contribution in [0.2, 0.25) is 0 Å². The van der Waals surface area contributed by atoms with Crippen LogP contribution < -0.4 is 16.0 Å². The highest BCUT2D eigenvalue weighted by Gasteiger charge is 2.23. The summed E-state index contributed by atoms with van der Waals surface area (Å²) in [5.74, 6) is -1.18. The van der Waals surface area contributed by atoms with E-state index in [1.54, 1.807) is 13.8 Å². The molecule has 0 aliphatic heterocycles. The zero-order chi connectivity index (χ0) is 15.6. The summed E-state index contributed by atoms with van der Waals surface area (Å²) in [7, 11) is 1.54. The van der Waals surface area contributed by atoms with E-state index in [2.05, 4.69) is 16.0 Å². The van der Waals surface area contributed by atoms with E-state index in [1.165, 1.54) is 7.11 Å². The Morgan fingerprint density at radius 1 is 1.15 bits per heavy atom. The molecule has 116 valence electrons. The van der Waals surface area contributed by atoms with E-state index < -0.39 is 17.5 Å². The normalized spacial score (nSPS) is 10.8. The summed E-state index contributed by atoms with van der Waals surface area (Å²) < 4.78 is 4.78. The first-order chi connectivity index (χ1) is 9.26. The zero-order valence-corrected chi connectivity index (χ0v) is 12.1. The molecule has 4 N–H and O–H groups in total. The van der Waals surface area contributed by atoms with Gasteiger partial charge in [-0.15, -0.1) is 0 Å². The van der Waals surface area contributed by atoms with Gasteiger partial charge in [-0.05, 0) is 13.8 Å². The molecule has 0 aromatic heterocycles. The first-order valence-electron chi connectivity index (χ1n) is 6.30. The van der Waals surface area contributed by atoms with E-state index in [9.17, 15) is 14.4 Å². The summed E-state index contributed by atoms with van der Waals surface area (Å²) in [5, 5.41) is 16.3. The van der Waals surface area contributed by atoms with Gasteiger partial charge in [0, 0.05) is 32.2 Å². The van der Waals surface area contributed by atoms with Crippen LogP contribution in [0.4, 0.5) is 4.79 Å². The van der Waals surface area contributed by atoms with Gasteiger partial charge in [0.2, 0.25) is 5.91 Å². The van der Waals surface area contributed by atoms with Gasteiger partial charge in [-0.1, -0.05) is 0 Å². The number of methoxy groups -OCH3 is 1. The number of nitrogens with one attached hydrogen (secondary N) is 3. The zero-order valence-electron chi connectivity index (χ0n) is 12.1. The molecule has 0 saturated heterocycles. The lowest BCUT2D eigenvalue weighted by molar-refractivity contribution is -0.138. The van der Waals surface area contributed by atoms with Crippen LogP contribution in [0.15, 0.2) is 0 Å². The molecule has 20 heavy (non-hydrogen) atoms. The summed E-state index contributed by atoms with van der Waals surface area (Å²) in [4.78, 5) is 33.4. The first kappa shape index (κ1) is 18.2. The van der Waals surface area contributed by atoms with Crippen molar-refractivity contribution in [2.75, 3.05) is 26.8 Å². The molecule has 0 aliphatic carbocycles. The monoisotopic (exact) mass is 289 g/mol. The lowest BCUT2D eigenvalue weighted by Gasteiger charge is -2.24. The van der Waals surface area contributed by atoms with Gasteiger partial charge >= 0.3 is 12.0 Å². The number of aliphatic carboxylic acids is 1. The Bertz CT molecular complexity index is 344. The molecule has 0 aromatic carbocycles. The third-order valence-corrected chi connectivity index (χ3v) is 2.31. The van der Waals surface area contributed by atoms with Crippen molar-refractivity contribution in [3.8, 4) is 0 Å². The Labute approximate surface area is 118 Å². The standard InChI is InChI=1S/C12H23N3O5/c1-12(2,8-10(17)18)15-11(19)14-5-4-9(16)13-6-7-20-3/h4-8H2,1-3H3,(H,13,16)(H,17,18)(H2,14,15,19). The average molecular weight is 289 g/mol. The molecule has 0 fully saturated rings. The second-order valence-corrected chi connectivity index (χ2v) is 4.93. The Morgan fingerprint density at radius 3 is 2.35 bits per heavy atom. The number of carboxylic acid groups (broad SMARTS) is 1. The van der Waals surface area contributed by atoms with Gasteiger partial charge in [-0.25, -0.2) is 4.79 Å². The van der Waals surface area contributed by atoms with Gasteiger partial charge < -0.3 is 25.8 Å². The number of ether oxygens (including phenoxy) is 1. The summed E-state index contributed by atoms with van der Waals surface area (Å²) in [6.07, 6.45) is -0.0333. The number of carbonyl (C=O) groups is 3. The number of amides is 3. The van der Waals surface area contributed by atoms with Gasteiger partial charge in [0.1, 0.15) is 0 Å². The molecule has 0 atom stereocenters. The van der Waals surface area contributed by atoms with Gasteiger partial charge in [0.15, 0.2) is 0 Å². The molecule has 0 heterocycles. The number of urea groups is 1. The molecule has 0 unspecified atom stereocenters. The highest BCUT2D eigenvalue weighted by Crippen LogP contribution is 2.07. The number of hydrogen-bond donors (Lipinski definition) is 4. The van der Waals surface area contributed by atoms with Crippen LogP contribution in [-0.4, -0.2) is 55.4 Å². The maximum Gasteiger partial charge on any atom is 0.315 e. The number of carboxylic acids is 1. The lowest BCUT2D eigenvalue weighted by atomic mass is 10.0. The number of carbonyl (C=O) groups excluding carboxylic acids is 2. The van der Waals surface area contributed by atoms with E-state index in [0.717, 1.165) is 0 Å². The van der Waals surface area contributed by atoms with Crippen molar-refractivity contribution in [2.24, 2.45) is 0 Å². The third-order valence-electron chi connectivity index (χ3n) is 2.31. The SMILES string of the molecule is COCCNC(=O)CCNC(=O)NC(C)(C)CC(=O)O. The minimum Gasteiger partial charge on any atom is -0.481 e. The Morgan fingerprint density at radius 2 is 1.80 bits per heavy atom. The van der Waals surface area contributed by atoms with E-state index in [0.29, 0.717) is 13.2 Å². The molecule has 0 bridgehead atoms. The fraction of sp³-hybridized carbons (Fsp3) is 0.750. The van der Waals surface area contributed by atoms with Crippen LogP contribution in [0.25, 0.3) is 0 Å². The molecule has 8 nitrogen and oxygen atoms in total. The van der Waals surface area contributed by atoms with Gasteiger partial charge in [0.25, 0.3) is 0 Å². The molecule has 0 radical (unpaired) electrons. The highest BCUT2D eigenvalue weighted by atomic mass is 16.5. The van der Waals surface area contributed by atoms with Crippen molar-refractivity contribution < 1.29 is 24.2 Å². The van der Waals surface area contributed by atoms with Crippen LogP contribution in [0.1, 0.15) is 26.7 Å². The van der Waals surface area contributed by atoms with Crippen molar-refractivity contribution in [3.05, 3.63) is 0 Å². The largest absolute Gasteiger partial charge is 0.481 e. The molecule has 0 saturated carbocycles. The second-order valence-electron chi connectivity index (χ2n) is 4.93. The Hall–Kier alpha value is -1.83. The van der Waals surface area contributed by atoms with Crippen LogP contribution >= 0.6 is 0 Å². The van der Waals surface area contributed by atoms with Crippen molar-refractivity contribution in [1.82, 2.24) is 16.0 Å². The van der Waals surface area contributed by atoms with Crippen molar-refractivity contribution >= 4 is 17.9 Å². The highest BCUT2D eigenvalue weighted by molar-refractivity contribution is 5.79. The molecule has 0 spiro atoms. The summed E-state index contributed by atoms with van der Waals surface area (Å²) in [5.41, 5.74) is -0.851. The topological polar surface area (TPSA) is 117 Å². The third kappa shape index (κ3) is 10.1. The number of rotatable bonds is 9. The molecule has 0 aliphatic rings. The maximum atomic E-state index is 11.5. The number of hydrogen-bond acceptors (Lipinski definition) is 4. The van der Waals surface area contributed by atoms with E-state index in [4.69, 9.17) is 9.84 Å². The van der Waals surface area contributed by atoms with Gasteiger partial charge in [-0.3, -0.25) is 9.59 Å². The van der Waals surface area contributed by atoms with E-state index in [-0.39, 0.29) is 25.3 Å². The van der Waals surface area contributed by atoms with Gasteiger partial charge in [-0.2, -0.15) is 0 Å². The lowest BCUT2D eigenvalue weighted by Crippen LogP contribution is -2.49. The summed E-state index contributed by atoms with van der Waals surface area (Å²) in [6.45, 7) is 4.25. The van der Waals surface area contributed by atoms with E-state index in [1.807, 2.05) is 0 Å². The minimum absolute atomic E-state index is 0.149. The van der Waals surface area contributed by atoms with Crippen molar-refractivity contribution in [1.29, 1.82) is 0 Å². The average Bonchev–Trinajstić information content (AvgIpc) is 2.26. The van der Waals surface area contributed by atoms with Crippen LogP contribution in [-0.2, 0) is 14.3 Å². The molecule has 8 heteroatoms. The molecule has 0 aromatic rings. The van der Waals surface area contributed by atoms with Crippen molar-refractivity contribution in [2.45, 2.75) is 32.2 Å². The second kappa shape index (κ2) is 9.13. The molecule has 0 rings (SSSR count). The predicted molar refractivity (Wildman–Crippen MR) is 72.4 cm³/mol. The van der Waals surface area contributed by atoms with Crippen LogP contribution in [0, 0.1) is 0 Å². The quantitative estimate of drug-likeness (QED) is 0.434. The molecular formula is C12H23N3O5. The van der Waals surface area contributed by atoms with Gasteiger partial charge in [0.05, 0.1) is 13.0 Å². The maximum absolute atomic E-state index is 11.5.